The quantitative estimate of drug-likeness (QED) is 0.00499. The highest BCUT2D eigenvalue weighted by atomic mass is 32.1. The molecule has 0 aliphatic heterocycles. The third-order valence-corrected chi connectivity index (χ3v) is 25.1. The monoisotopic (exact) mass is 1980 g/mol. The number of esters is 3. The second-order valence-corrected chi connectivity index (χ2v) is 36.0. The number of benzene rings is 11. The van der Waals surface area contributed by atoms with Crippen LogP contribution in [0.1, 0.15) is 120 Å². The third kappa shape index (κ3) is 36.7. The molecular formula is C114H117N15O14S2. The molecule has 744 valence electrons. The number of unbranched alkanes of at least 4 members (excludes halogenated alkanes) is 10. The Balaban J connectivity index is 0.000000207. The molecule has 0 aliphatic rings. The molecule has 11 aromatic carbocycles. The van der Waals surface area contributed by atoms with Gasteiger partial charge in [0.05, 0.1) is 95.1 Å². The van der Waals surface area contributed by atoms with Crippen molar-refractivity contribution in [3.63, 3.8) is 0 Å². The van der Waals surface area contributed by atoms with Gasteiger partial charge in [-0.3, -0.25) is 39.9 Å². The number of carbonyl (C=O) groups is 3. The number of rotatable bonds is 50. The van der Waals surface area contributed by atoms with E-state index < -0.39 is 26.7 Å². The van der Waals surface area contributed by atoms with Gasteiger partial charge in [0.1, 0.15) is 11.5 Å². The summed E-state index contributed by atoms with van der Waals surface area (Å²) in [5.74, 6) is -0.0732. The van der Waals surface area contributed by atoms with Gasteiger partial charge in [-0.05, 0) is 311 Å². The van der Waals surface area contributed by atoms with Crippen molar-refractivity contribution in [1.82, 2.24) is 0 Å². The molecule has 13 rings (SSSR count). The van der Waals surface area contributed by atoms with Crippen LogP contribution in [0, 0.1) is 43.5 Å². The van der Waals surface area contributed by atoms with E-state index in [1.54, 1.807) is 95.5 Å². The molecule has 0 fully saturated rings. The average Bonchev–Trinajstić information content (AvgIpc) is 1.69. The highest BCUT2D eigenvalue weighted by Crippen LogP contribution is 2.40. The maximum absolute atomic E-state index is 12.5. The summed E-state index contributed by atoms with van der Waals surface area (Å²) in [6, 6.07) is 89.3. The number of hydrogen-bond acceptors (Lipinski definition) is 26. The highest BCUT2D eigenvalue weighted by Gasteiger charge is 2.18. The lowest BCUT2D eigenvalue weighted by Gasteiger charge is -2.23. The van der Waals surface area contributed by atoms with Gasteiger partial charge in [-0.15, -0.1) is 22.7 Å². The molecule has 2 heterocycles. The van der Waals surface area contributed by atoms with Crippen molar-refractivity contribution in [1.29, 1.82) is 0 Å². The fourth-order valence-electron chi connectivity index (χ4n) is 14.4. The van der Waals surface area contributed by atoms with E-state index in [0.29, 0.717) is 60.4 Å². The highest BCUT2D eigenvalue weighted by molar-refractivity contribution is 7.24. The van der Waals surface area contributed by atoms with Gasteiger partial charge in [-0.2, -0.15) is 30.7 Å². The topological polar surface area (TPSA) is 323 Å². The largest absolute Gasteiger partial charge is 0.494 e. The van der Waals surface area contributed by atoms with Crippen LogP contribution in [0.3, 0.4) is 0 Å². The zero-order valence-electron chi connectivity index (χ0n) is 82.3. The minimum Gasteiger partial charge on any atom is -0.494 e. The summed E-state index contributed by atoms with van der Waals surface area (Å²) in [6.07, 6.45) is 19.4. The van der Waals surface area contributed by atoms with E-state index in [2.05, 4.69) is 172 Å². The van der Waals surface area contributed by atoms with Gasteiger partial charge < -0.3 is 43.3 Å². The first-order valence-corrected chi connectivity index (χ1v) is 49.5. The SMILES string of the molecule is CN(C)c1ccc(-c2ccc(-c3ccc(/C=C/C(=O)OCCCCCCOc4ccc(N=Nc5ccc([N+](=O)[O-])cc5)cc4)s3)s2)cc1.[C-]#[N+]/C(=C\c1ccc(-c2ccc(N(C)C)cc2)cc1)C(=O)OCCCCCCN(CC)c1ccc(N=Nc2ccc([N+](=O)[O-])cc2)cc1.[C-]#[N+]/C(=C\c1ccc(-c2ccc(N(C)CCCC)cc2)cc1)C(=O)OCCCCCCOc1ccc(N=Nc2ccc([N+](=O)[O-])cc2)cc1. The van der Waals surface area contributed by atoms with Crippen LogP contribution in [-0.4, -0.2) is 121 Å². The number of hydrogen-bond donors (Lipinski definition) is 0. The molecule has 0 saturated heterocycles. The molecule has 0 N–H and O–H groups in total. The molecule has 0 atom stereocenters. The predicted molar refractivity (Wildman–Crippen MR) is 580 cm³/mol. The summed E-state index contributed by atoms with van der Waals surface area (Å²) in [7, 11) is 10.2. The molecule has 0 saturated carbocycles. The van der Waals surface area contributed by atoms with Crippen molar-refractivity contribution in [3.05, 3.63) is 378 Å². The number of nitrogens with zero attached hydrogens (tertiary/aromatic N) is 15. The summed E-state index contributed by atoms with van der Waals surface area (Å²) < 4.78 is 27.8. The number of non-ortho nitro benzene ring substituents is 3. The molecule has 0 radical (unpaired) electrons. The second kappa shape index (κ2) is 58.5. The zero-order chi connectivity index (χ0) is 103. The second-order valence-electron chi connectivity index (χ2n) is 33.8. The first kappa shape index (κ1) is 109. The van der Waals surface area contributed by atoms with Crippen molar-refractivity contribution in [2.24, 2.45) is 30.7 Å². The minimum atomic E-state index is -0.610. The minimum absolute atomic E-state index is 0.00384. The number of carbonyl (C=O) groups excluding carboxylic acids is 3. The lowest BCUT2D eigenvalue weighted by Crippen LogP contribution is -2.23. The van der Waals surface area contributed by atoms with E-state index in [1.165, 1.54) is 80.5 Å². The molecule has 0 bridgehead atoms. The van der Waals surface area contributed by atoms with Gasteiger partial charge in [-0.1, -0.05) is 105 Å². The van der Waals surface area contributed by atoms with Crippen molar-refractivity contribution < 1.29 is 52.8 Å². The summed E-state index contributed by atoms with van der Waals surface area (Å²) in [5.41, 5.74) is 15.2. The van der Waals surface area contributed by atoms with Crippen LogP contribution in [-0.2, 0) is 28.6 Å². The summed E-state index contributed by atoms with van der Waals surface area (Å²) in [5, 5.41) is 57.2. The molecule has 0 aliphatic carbocycles. The van der Waals surface area contributed by atoms with Gasteiger partial charge >= 0.3 is 17.9 Å². The molecule has 0 amide bonds. The fraction of sp³-hybridized carbons (Fsp3) is 0.254. The van der Waals surface area contributed by atoms with Gasteiger partial charge in [0.25, 0.3) is 28.5 Å². The first-order valence-electron chi connectivity index (χ1n) is 47.9. The van der Waals surface area contributed by atoms with Crippen molar-refractivity contribution in [2.75, 3.05) is 108 Å². The lowest BCUT2D eigenvalue weighted by atomic mass is 10.0. The van der Waals surface area contributed by atoms with Crippen LogP contribution in [0.15, 0.2) is 339 Å². The van der Waals surface area contributed by atoms with E-state index >= 15 is 0 Å². The van der Waals surface area contributed by atoms with E-state index in [9.17, 15) is 44.7 Å². The first-order chi connectivity index (χ1) is 70.5. The fourth-order valence-corrected chi connectivity index (χ4v) is 16.4. The van der Waals surface area contributed by atoms with E-state index in [4.69, 9.17) is 36.8 Å². The summed E-state index contributed by atoms with van der Waals surface area (Å²) >= 11 is 3.42. The Labute approximate surface area is 854 Å². The third-order valence-electron chi connectivity index (χ3n) is 22.8. The molecule has 13 aromatic rings. The van der Waals surface area contributed by atoms with Crippen molar-refractivity contribution in [2.45, 2.75) is 104 Å². The number of anilines is 4. The number of thiophene rings is 2. The molecule has 145 heavy (non-hydrogen) atoms. The number of nitro groups is 3. The Morgan fingerprint density at radius 2 is 0.669 bits per heavy atom. The van der Waals surface area contributed by atoms with E-state index in [1.807, 2.05) is 137 Å². The normalized spacial score (nSPS) is 11.3. The zero-order valence-corrected chi connectivity index (χ0v) is 84.0. The van der Waals surface area contributed by atoms with Crippen molar-refractivity contribution in [3.8, 4) is 53.9 Å². The number of nitro benzene ring substituents is 3. The molecule has 0 spiro atoms. The number of azo groups is 3. The lowest BCUT2D eigenvalue weighted by molar-refractivity contribution is -0.385. The smallest absolute Gasteiger partial charge is 0.336 e. The van der Waals surface area contributed by atoms with Crippen LogP contribution in [0.25, 0.3) is 70.4 Å². The van der Waals surface area contributed by atoms with Crippen LogP contribution in [0.5, 0.6) is 11.5 Å². The van der Waals surface area contributed by atoms with Gasteiger partial charge in [-0.25, -0.2) is 14.5 Å². The Morgan fingerprint density at radius 1 is 0.345 bits per heavy atom. The van der Waals surface area contributed by atoms with Crippen LogP contribution < -0.4 is 29.1 Å². The maximum atomic E-state index is 12.5. The Bertz CT molecular complexity index is 6600. The standard InChI is InChI=1S/C39H41N5O5.C38H40N6O4.C37H36N4O5S2/c1-4-5-26-43(3)35-20-14-32(15-21-35)31-12-10-30(11-13-31)29-38(40-2)39(45)49-28-9-7-6-8-27-48-37-24-18-34(19-25-37)42-41-33-16-22-36(23-17-33)44(46)47;1-5-43(35-22-16-32(17-23-35)40-41-33-18-24-36(25-19-33)44(46)47)26-8-6-7-9-27-48-38(45)37(39-2)28-29-10-12-30(13-11-29)31-14-20-34(21-15-31)42(3)4;1-40(2)30-13-7-27(8-14-30)34-22-23-36(48-34)35-21-19-33(47-35)20-24-37(42)46-26-6-4-3-5-25-45-32-17-11-29(12-18-32)39-38-28-9-15-31(16-10-28)41(43)44/h10-25,29H,4-9,26-28H2,1,3H3;10-25,28H,5-9,26-27H2,1,3-4H3;7-24H,3-6,25-26H2,1-2H3/b38-29-,42-41?;37-28-,41-40?;24-20+,39-38?. The molecular weight excluding hydrogens is 1870 g/mol. The molecule has 29 nitrogen and oxygen atoms in total. The molecule has 0 unspecified atom stereocenters. The predicted octanol–water partition coefficient (Wildman–Crippen LogP) is 30.7. The molecule has 2 aromatic heterocycles. The van der Waals surface area contributed by atoms with Crippen LogP contribution >= 0.6 is 22.7 Å². The van der Waals surface area contributed by atoms with Crippen LogP contribution in [0.2, 0.25) is 0 Å². The Morgan fingerprint density at radius 3 is 1.04 bits per heavy atom. The Hall–Kier alpha value is -16.8. The van der Waals surface area contributed by atoms with E-state index in [-0.39, 0.29) is 47.6 Å². The summed E-state index contributed by atoms with van der Waals surface area (Å²) in [6.45, 7) is 24.1. The average molecular weight is 1990 g/mol. The summed E-state index contributed by atoms with van der Waals surface area (Å²) in [4.78, 5) is 88.4. The van der Waals surface area contributed by atoms with Gasteiger partial charge in [0, 0.05) is 140 Å². The Kier molecular flexibility index (Phi) is 43.8. The maximum Gasteiger partial charge on any atom is 0.336 e. The number of ether oxygens (including phenoxy) is 5. The van der Waals surface area contributed by atoms with Crippen molar-refractivity contribution >= 4 is 133 Å². The van der Waals surface area contributed by atoms with Gasteiger partial charge in [0.2, 0.25) is 0 Å². The molecule has 31 heteroatoms. The van der Waals surface area contributed by atoms with Gasteiger partial charge in [0.15, 0.2) is 0 Å². The van der Waals surface area contributed by atoms with Crippen LogP contribution in [0.4, 0.5) is 73.9 Å². The van der Waals surface area contributed by atoms with E-state index in [0.717, 1.165) is 158 Å².